The molecule has 0 aliphatic heterocycles. The molecule has 0 saturated heterocycles. The van der Waals surface area contributed by atoms with Crippen LogP contribution in [0.5, 0.6) is 0 Å². The molecule has 0 fully saturated rings. The highest BCUT2D eigenvalue weighted by Crippen LogP contribution is 2.07. The van der Waals surface area contributed by atoms with Crippen LogP contribution in [0.2, 0.25) is 0 Å². The Bertz CT molecular complexity index is 230. The molecule has 0 rings (SSSR count). The van der Waals surface area contributed by atoms with Crippen LogP contribution in [0.15, 0.2) is 0 Å². The van der Waals surface area contributed by atoms with Crippen molar-refractivity contribution < 1.29 is 14.6 Å². The summed E-state index contributed by atoms with van der Waals surface area (Å²) in [5.41, 5.74) is -0.901. The maximum atomic E-state index is 11.5. The van der Waals surface area contributed by atoms with Crippen LogP contribution in [0.4, 0.5) is 0 Å². The fraction of sp³-hybridized carbons (Fsp3) is 0.923. The highest BCUT2D eigenvalue weighted by molar-refractivity contribution is 5.75. The lowest BCUT2D eigenvalue weighted by molar-refractivity contribution is -0.122. The largest absolute Gasteiger partial charge is 0.388 e. The SMILES string of the molecule is COCCC(C)(O)CNC(=O)CCCNC(C)C. The summed E-state index contributed by atoms with van der Waals surface area (Å²) in [6.45, 7) is 7.45. The van der Waals surface area contributed by atoms with E-state index in [-0.39, 0.29) is 12.5 Å². The summed E-state index contributed by atoms with van der Waals surface area (Å²) in [6, 6.07) is 0.447. The number of carbonyl (C=O) groups excluding carboxylic acids is 1. The normalized spacial score (nSPS) is 14.6. The minimum Gasteiger partial charge on any atom is -0.388 e. The first kappa shape index (κ1) is 17.4. The summed E-state index contributed by atoms with van der Waals surface area (Å²) in [7, 11) is 1.59. The molecule has 0 spiro atoms. The average Bonchev–Trinajstić information content (AvgIpc) is 2.29. The molecule has 1 amide bonds. The molecule has 5 nitrogen and oxygen atoms in total. The van der Waals surface area contributed by atoms with Crippen LogP contribution < -0.4 is 10.6 Å². The van der Waals surface area contributed by atoms with E-state index in [0.29, 0.717) is 25.5 Å². The average molecular weight is 260 g/mol. The van der Waals surface area contributed by atoms with Gasteiger partial charge < -0.3 is 20.5 Å². The van der Waals surface area contributed by atoms with Crippen LogP contribution in [0, 0.1) is 0 Å². The third kappa shape index (κ3) is 10.5. The number of nitrogens with one attached hydrogen (secondary N) is 2. The van der Waals surface area contributed by atoms with Crippen LogP contribution in [0.25, 0.3) is 0 Å². The van der Waals surface area contributed by atoms with Crippen molar-refractivity contribution in [3.8, 4) is 0 Å². The zero-order valence-electron chi connectivity index (χ0n) is 12.1. The van der Waals surface area contributed by atoms with Gasteiger partial charge >= 0.3 is 0 Å². The van der Waals surface area contributed by atoms with Crippen molar-refractivity contribution in [3.05, 3.63) is 0 Å². The quantitative estimate of drug-likeness (QED) is 0.505. The van der Waals surface area contributed by atoms with Gasteiger partial charge in [0.05, 0.1) is 5.60 Å². The number of carbonyl (C=O) groups is 1. The molecule has 0 saturated carbocycles. The lowest BCUT2D eigenvalue weighted by Crippen LogP contribution is -2.41. The molecule has 0 bridgehead atoms. The van der Waals surface area contributed by atoms with Crippen molar-refractivity contribution in [3.63, 3.8) is 0 Å². The van der Waals surface area contributed by atoms with E-state index in [9.17, 15) is 9.90 Å². The van der Waals surface area contributed by atoms with Crippen molar-refractivity contribution in [1.82, 2.24) is 10.6 Å². The van der Waals surface area contributed by atoms with Gasteiger partial charge in [-0.05, 0) is 19.9 Å². The number of methoxy groups -OCH3 is 1. The van der Waals surface area contributed by atoms with Gasteiger partial charge in [0.25, 0.3) is 0 Å². The fourth-order valence-electron chi connectivity index (χ4n) is 1.43. The Morgan fingerprint density at radius 3 is 2.67 bits per heavy atom. The molecule has 1 atom stereocenters. The van der Waals surface area contributed by atoms with Crippen molar-refractivity contribution in [2.75, 3.05) is 26.8 Å². The van der Waals surface area contributed by atoms with Crippen molar-refractivity contribution in [2.45, 2.75) is 51.7 Å². The monoisotopic (exact) mass is 260 g/mol. The second-order valence-corrected chi connectivity index (χ2v) is 5.23. The number of aliphatic hydroxyl groups is 1. The van der Waals surface area contributed by atoms with Crippen molar-refractivity contribution in [1.29, 1.82) is 0 Å². The number of hydrogen-bond acceptors (Lipinski definition) is 4. The van der Waals surface area contributed by atoms with Crippen LogP contribution in [0.3, 0.4) is 0 Å². The number of amides is 1. The van der Waals surface area contributed by atoms with Gasteiger partial charge in [-0.1, -0.05) is 13.8 Å². The van der Waals surface area contributed by atoms with Crippen LogP contribution in [0.1, 0.15) is 40.0 Å². The second-order valence-electron chi connectivity index (χ2n) is 5.23. The summed E-state index contributed by atoms with van der Waals surface area (Å²) in [5, 5.41) is 15.9. The molecule has 0 aromatic rings. The van der Waals surface area contributed by atoms with E-state index in [1.165, 1.54) is 0 Å². The van der Waals surface area contributed by atoms with E-state index in [1.54, 1.807) is 14.0 Å². The Morgan fingerprint density at radius 2 is 2.11 bits per heavy atom. The molecule has 3 N–H and O–H groups in total. The summed E-state index contributed by atoms with van der Waals surface area (Å²) in [4.78, 5) is 11.5. The zero-order valence-corrected chi connectivity index (χ0v) is 12.1. The fourth-order valence-corrected chi connectivity index (χ4v) is 1.43. The summed E-state index contributed by atoms with van der Waals surface area (Å²) in [6.07, 6.45) is 1.81. The summed E-state index contributed by atoms with van der Waals surface area (Å²) < 4.78 is 4.91. The lowest BCUT2D eigenvalue weighted by atomic mass is 10.0. The predicted molar refractivity (Wildman–Crippen MR) is 72.5 cm³/mol. The Hall–Kier alpha value is -0.650. The van der Waals surface area contributed by atoms with Gasteiger partial charge in [-0.15, -0.1) is 0 Å². The Morgan fingerprint density at radius 1 is 1.44 bits per heavy atom. The van der Waals surface area contributed by atoms with Gasteiger partial charge in [-0.2, -0.15) is 0 Å². The number of hydrogen-bond donors (Lipinski definition) is 3. The smallest absolute Gasteiger partial charge is 0.220 e. The molecule has 108 valence electrons. The van der Waals surface area contributed by atoms with Gasteiger partial charge in [0, 0.05) is 39.1 Å². The molecular weight excluding hydrogens is 232 g/mol. The molecule has 0 aliphatic carbocycles. The van der Waals surface area contributed by atoms with Crippen LogP contribution in [-0.4, -0.2) is 49.5 Å². The Labute approximate surface area is 110 Å². The first-order valence-electron chi connectivity index (χ1n) is 6.59. The molecule has 0 aliphatic rings. The lowest BCUT2D eigenvalue weighted by Gasteiger charge is -2.23. The van der Waals surface area contributed by atoms with Gasteiger partial charge in [0.15, 0.2) is 0 Å². The predicted octanol–water partition coefficient (Wildman–Crippen LogP) is 0.668. The topological polar surface area (TPSA) is 70.6 Å². The van der Waals surface area contributed by atoms with E-state index in [1.807, 2.05) is 0 Å². The second kappa shape index (κ2) is 9.30. The van der Waals surface area contributed by atoms with Crippen molar-refractivity contribution >= 4 is 5.91 Å². The maximum absolute atomic E-state index is 11.5. The standard InChI is InChI=1S/C13H28N2O3/c1-11(2)14-8-5-6-12(16)15-10-13(3,17)7-9-18-4/h11,14,17H,5-10H2,1-4H3,(H,15,16). The minimum atomic E-state index is -0.901. The van der Waals surface area contributed by atoms with E-state index in [4.69, 9.17) is 4.74 Å². The molecule has 0 aromatic carbocycles. The van der Waals surface area contributed by atoms with Gasteiger partial charge in [-0.25, -0.2) is 0 Å². The third-order valence-corrected chi connectivity index (χ3v) is 2.64. The Balaban J connectivity index is 3.63. The van der Waals surface area contributed by atoms with E-state index < -0.39 is 5.60 Å². The minimum absolute atomic E-state index is 0.0155. The highest BCUT2D eigenvalue weighted by Gasteiger charge is 2.20. The van der Waals surface area contributed by atoms with Crippen LogP contribution >= 0.6 is 0 Å². The molecule has 0 radical (unpaired) electrons. The summed E-state index contributed by atoms with van der Waals surface area (Å²) >= 11 is 0. The molecule has 0 aromatic heterocycles. The maximum Gasteiger partial charge on any atom is 0.220 e. The zero-order chi connectivity index (χ0) is 14.0. The molecular formula is C13H28N2O3. The van der Waals surface area contributed by atoms with E-state index in [2.05, 4.69) is 24.5 Å². The molecule has 1 unspecified atom stereocenters. The number of rotatable bonds is 10. The first-order chi connectivity index (χ1) is 8.37. The highest BCUT2D eigenvalue weighted by atomic mass is 16.5. The molecule has 0 heterocycles. The van der Waals surface area contributed by atoms with Gasteiger partial charge in [-0.3, -0.25) is 4.79 Å². The molecule has 18 heavy (non-hydrogen) atoms. The van der Waals surface area contributed by atoms with Gasteiger partial charge in [0.1, 0.15) is 0 Å². The van der Waals surface area contributed by atoms with E-state index in [0.717, 1.165) is 13.0 Å². The van der Waals surface area contributed by atoms with E-state index >= 15 is 0 Å². The Kier molecular flexibility index (Phi) is 8.97. The first-order valence-corrected chi connectivity index (χ1v) is 6.59. The van der Waals surface area contributed by atoms with Crippen LogP contribution in [-0.2, 0) is 9.53 Å². The summed E-state index contributed by atoms with van der Waals surface area (Å²) in [5.74, 6) is -0.0155. The third-order valence-electron chi connectivity index (χ3n) is 2.64. The number of ether oxygens (including phenoxy) is 1. The van der Waals surface area contributed by atoms with Gasteiger partial charge in [0.2, 0.25) is 5.91 Å². The van der Waals surface area contributed by atoms with Crippen molar-refractivity contribution in [2.24, 2.45) is 0 Å². The molecule has 5 heteroatoms.